The Morgan fingerprint density at radius 3 is 2.70 bits per heavy atom. The van der Waals surface area contributed by atoms with Gasteiger partial charge >= 0.3 is 0 Å². The zero-order valence-corrected chi connectivity index (χ0v) is 11.7. The molecule has 2 heterocycles. The summed E-state index contributed by atoms with van der Waals surface area (Å²) in [5.74, 6) is -1.35. The average Bonchev–Trinajstić information content (AvgIpc) is 2.89. The van der Waals surface area contributed by atoms with Gasteiger partial charge in [0, 0.05) is 11.4 Å². The van der Waals surface area contributed by atoms with Gasteiger partial charge in [0.2, 0.25) is 0 Å². The zero-order valence-electron chi connectivity index (χ0n) is 10.9. The van der Waals surface area contributed by atoms with E-state index in [2.05, 4.69) is 0 Å². The molecule has 5 heteroatoms. The smallest absolute Gasteiger partial charge is 0.150 e. The van der Waals surface area contributed by atoms with Crippen LogP contribution in [-0.4, -0.2) is 6.54 Å². The van der Waals surface area contributed by atoms with Gasteiger partial charge in [0.1, 0.15) is 5.69 Å². The summed E-state index contributed by atoms with van der Waals surface area (Å²) in [5.41, 5.74) is 1.10. The number of hydrogen-bond donors (Lipinski definition) is 0. The van der Waals surface area contributed by atoms with Crippen LogP contribution < -0.4 is 4.90 Å². The van der Waals surface area contributed by atoms with Crippen LogP contribution in [0.3, 0.4) is 0 Å². The predicted octanol–water partition coefficient (Wildman–Crippen LogP) is 4.02. The van der Waals surface area contributed by atoms with E-state index in [1.165, 1.54) is 4.88 Å². The standard InChI is InChI=1S/C15H12F2N2S/c1-9-11-3-5-20-14(11)2-4-19(9)15-12(16)6-10(8-18)7-13(15)17/h3,5-7,9H,2,4H2,1H3. The quantitative estimate of drug-likeness (QED) is 0.793. The zero-order chi connectivity index (χ0) is 14.3. The van der Waals surface area contributed by atoms with E-state index >= 15 is 0 Å². The van der Waals surface area contributed by atoms with Crippen molar-refractivity contribution in [3.8, 4) is 6.07 Å². The van der Waals surface area contributed by atoms with Gasteiger partial charge in [0.05, 0.1) is 17.7 Å². The molecular weight excluding hydrogens is 278 g/mol. The topological polar surface area (TPSA) is 27.0 Å². The lowest BCUT2D eigenvalue weighted by Gasteiger charge is -2.35. The molecule has 1 aliphatic heterocycles. The van der Waals surface area contributed by atoms with Gasteiger partial charge < -0.3 is 4.90 Å². The summed E-state index contributed by atoms with van der Waals surface area (Å²) in [6.45, 7) is 2.52. The second-order valence-corrected chi connectivity index (χ2v) is 5.82. The molecular formula is C15H12F2N2S. The van der Waals surface area contributed by atoms with Crippen molar-refractivity contribution in [1.82, 2.24) is 0 Å². The molecule has 0 amide bonds. The molecule has 0 bridgehead atoms. The molecule has 0 radical (unpaired) electrons. The number of nitrogens with zero attached hydrogens (tertiary/aromatic N) is 2. The van der Waals surface area contributed by atoms with E-state index in [-0.39, 0.29) is 17.3 Å². The minimum absolute atomic E-state index is 0.00429. The van der Waals surface area contributed by atoms with Crippen molar-refractivity contribution in [3.63, 3.8) is 0 Å². The van der Waals surface area contributed by atoms with Crippen molar-refractivity contribution >= 4 is 17.0 Å². The van der Waals surface area contributed by atoms with Gasteiger partial charge in [-0.1, -0.05) is 0 Å². The van der Waals surface area contributed by atoms with E-state index in [1.54, 1.807) is 22.3 Å². The fraction of sp³-hybridized carbons (Fsp3) is 0.267. The first kappa shape index (κ1) is 13.1. The molecule has 0 fully saturated rings. The number of anilines is 1. The summed E-state index contributed by atoms with van der Waals surface area (Å²) in [7, 11) is 0. The monoisotopic (exact) mass is 290 g/mol. The molecule has 1 atom stereocenters. The van der Waals surface area contributed by atoms with E-state index in [1.807, 2.05) is 18.4 Å². The molecule has 3 rings (SSSR count). The minimum atomic E-state index is -0.674. The van der Waals surface area contributed by atoms with Crippen LogP contribution in [0, 0.1) is 23.0 Å². The number of rotatable bonds is 1. The van der Waals surface area contributed by atoms with Crippen LogP contribution in [0.25, 0.3) is 0 Å². The van der Waals surface area contributed by atoms with E-state index in [9.17, 15) is 8.78 Å². The molecule has 1 aromatic carbocycles. The van der Waals surface area contributed by atoms with Gasteiger partial charge in [-0.25, -0.2) is 8.78 Å². The highest BCUT2D eigenvalue weighted by atomic mass is 32.1. The van der Waals surface area contributed by atoms with Crippen molar-refractivity contribution < 1.29 is 8.78 Å². The molecule has 2 nitrogen and oxygen atoms in total. The third-order valence-corrected chi connectivity index (χ3v) is 4.71. The second kappa shape index (κ2) is 4.88. The Labute approximate surface area is 119 Å². The molecule has 1 aromatic heterocycles. The molecule has 102 valence electrons. The Morgan fingerprint density at radius 1 is 1.35 bits per heavy atom. The van der Waals surface area contributed by atoms with Crippen LogP contribution >= 0.6 is 11.3 Å². The van der Waals surface area contributed by atoms with Gasteiger partial charge in [-0.15, -0.1) is 11.3 Å². The fourth-order valence-corrected chi connectivity index (χ4v) is 3.68. The van der Waals surface area contributed by atoms with Crippen LogP contribution in [0.4, 0.5) is 14.5 Å². The Kier molecular flexibility index (Phi) is 3.19. The number of fused-ring (bicyclic) bond motifs is 1. The largest absolute Gasteiger partial charge is 0.360 e. The molecule has 0 saturated carbocycles. The first-order chi connectivity index (χ1) is 9.61. The van der Waals surface area contributed by atoms with Crippen molar-refractivity contribution in [1.29, 1.82) is 5.26 Å². The van der Waals surface area contributed by atoms with Crippen LogP contribution in [0.2, 0.25) is 0 Å². The Morgan fingerprint density at radius 2 is 2.05 bits per heavy atom. The third-order valence-electron chi connectivity index (χ3n) is 3.71. The SMILES string of the molecule is CC1c2ccsc2CCN1c1c(F)cc(C#N)cc1F. The van der Waals surface area contributed by atoms with Crippen LogP contribution in [0.1, 0.15) is 29.0 Å². The molecule has 0 spiro atoms. The lowest BCUT2D eigenvalue weighted by atomic mass is 10.00. The van der Waals surface area contributed by atoms with Crippen molar-refractivity contribution in [2.24, 2.45) is 0 Å². The average molecular weight is 290 g/mol. The van der Waals surface area contributed by atoms with E-state index in [0.717, 1.165) is 24.1 Å². The Bertz CT molecular complexity index is 679. The first-order valence-electron chi connectivity index (χ1n) is 6.34. The Hall–Kier alpha value is -1.93. The molecule has 20 heavy (non-hydrogen) atoms. The molecule has 1 unspecified atom stereocenters. The van der Waals surface area contributed by atoms with Gasteiger partial charge in [-0.3, -0.25) is 0 Å². The summed E-state index contributed by atoms with van der Waals surface area (Å²) in [6.07, 6.45) is 0.788. The summed E-state index contributed by atoms with van der Waals surface area (Å²) in [4.78, 5) is 3.02. The lowest BCUT2D eigenvalue weighted by Crippen LogP contribution is -2.34. The molecule has 1 aliphatic rings. The molecule has 2 aromatic rings. The van der Waals surface area contributed by atoms with Crippen molar-refractivity contribution in [3.05, 3.63) is 51.2 Å². The van der Waals surface area contributed by atoms with Gasteiger partial charge in [-0.2, -0.15) is 5.26 Å². The van der Waals surface area contributed by atoms with Crippen LogP contribution in [0.15, 0.2) is 23.6 Å². The highest BCUT2D eigenvalue weighted by Gasteiger charge is 2.29. The van der Waals surface area contributed by atoms with E-state index < -0.39 is 11.6 Å². The maximum Gasteiger partial charge on any atom is 0.150 e. The number of benzene rings is 1. The van der Waals surface area contributed by atoms with Crippen molar-refractivity contribution in [2.75, 3.05) is 11.4 Å². The summed E-state index contributed by atoms with van der Waals surface area (Å²) < 4.78 is 28.3. The number of halogens is 2. The van der Waals surface area contributed by atoms with Gasteiger partial charge in [-0.05, 0) is 42.5 Å². The molecule has 0 N–H and O–H groups in total. The normalized spacial score (nSPS) is 17.7. The summed E-state index contributed by atoms with van der Waals surface area (Å²) in [5, 5.41) is 10.8. The van der Waals surface area contributed by atoms with Gasteiger partial charge in [0.15, 0.2) is 11.6 Å². The molecule has 0 saturated heterocycles. The van der Waals surface area contributed by atoms with Crippen LogP contribution in [0.5, 0.6) is 0 Å². The first-order valence-corrected chi connectivity index (χ1v) is 7.22. The van der Waals surface area contributed by atoms with E-state index in [0.29, 0.717) is 6.54 Å². The maximum atomic E-state index is 14.1. The summed E-state index contributed by atoms with van der Waals surface area (Å²) >= 11 is 1.68. The lowest BCUT2D eigenvalue weighted by molar-refractivity contribution is 0.542. The number of nitriles is 1. The van der Waals surface area contributed by atoms with Gasteiger partial charge in [0.25, 0.3) is 0 Å². The molecule has 0 aliphatic carbocycles. The number of thiophene rings is 1. The highest BCUT2D eigenvalue weighted by molar-refractivity contribution is 7.10. The maximum absolute atomic E-state index is 14.1. The highest BCUT2D eigenvalue weighted by Crippen LogP contribution is 2.38. The minimum Gasteiger partial charge on any atom is -0.360 e. The predicted molar refractivity (Wildman–Crippen MR) is 74.9 cm³/mol. The van der Waals surface area contributed by atoms with Crippen molar-refractivity contribution in [2.45, 2.75) is 19.4 Å². The summed E-state index contributed by atoms with van der Waals surface area (Å²) in [6, 6.07) is 5.89. The Balaban J connectivity index is 2.05. The van der Waals surface area contributed by atoms with Crippen LogP contribution in [-0.2, 0) is 6.42 Å². The third kappa shape index (κ3) is 1.97. The fourth-order valence-electron chi connectivity index (χ4n) is 2.72. The second-order valence-electron chi connectivity index (χ2n) is 4.82. The number of hydrogen-bond acceptors (Lipinski definition) is 3. The van der Waals surface area contributed by atoms with E-state index in [4.69, 9.17) is 5.26 Å².